The largest absolute Gasteiger partial charge is 6.00 e. The van der Waals surface area contributed by atoms with E-state index < -0.39 is 0 Å². The van der Waals surface area contributed by atoms with Crippen molar-refractivity contribution in [3.63, 3.8) is 0 Å². The fourth-order valence-electron chi connectivity index (χ4n) is 5.62. The van der Waals surface area contributed by atoms with E-state index in [9.17, 15) is 0 Å². The summed E-state index contributed by atoms with van der Waals surface area (Å²) in [5.74, 6) is 3.83. The zero-order chi connectivity index (χ0) is 47.5. The minimum absolute atomic E-state index is 0. The Hall–Kier alpha value is 2.33. The van der Waals surface area contributed by atoms with Crippen molar-refractivity contribution < 1.29 is 69.4 Å². The molecule has 0 aliphatic rings. The first-order valence-electron chi connectivity index (χ1n) is 17.8. The molecule has 0 saturated carbocycles. The van der Waals surface area contributed by atoms with Crippen LogP contribution in [0.5, 0.6) is 0 Å². The summed E-state index contributed by atoms with van der Waals surface area (Å²) in [7, 11) is 0. The topological polar surface area (TPSA) is 0 Å². The Morgan fingerprint density at radius 3 is 0.383 bits per heavy atom. The fraction of sp³-hybridized carbons (Fsp3) is 0.458. The molecule has 0 bridgehead atoms. The van der Waals surface area contributed by atoms with E-state index in [1.807, 2.05) is 11.6 Å². The smallest absolute Gasteiger partial charge is 0.731 e. The predicted octanol–water partition coefficient (Wildman–Crippen LogP) is 18.3. The molecule has 4 rings (SSSR count). The molecule has 0 fully saturated rings. The van der Waals surface area contributed by atoms with Crippen molar-refractivity contribution in [2.45, 2.75) is 150 Å². The molecule has 12 heteroatoms. The van der Waals surface area contributed by atoms with Crippen molar-refractivity contribution in [3.05, 3.63) is 150 Å². The van der Waals surface area contributed by atoms with E-state index in [0.29, 0.717) is 0 Å². The van der Waals surface area contributed by atoms with Gasteiger partial charge in [0, 0.05) is 34.7 Å². The van der Waals surface area contributed by atoms with E-state index in [2.05, 4.69) is 279 Å². The molecule has 0 spiro atoms. The normalized spacial score (nSPS) is 7.77. The van der Waals surface area contributed by atoms with Crippen molar-refractivity contribution in [2.75, 3.05) is 0 Å². The van der Waals surface area contributed by atoms with E-state index in [0.717, 1.165) is 0 Å². The van der Waals surface area contributed by atoms with Gasteiger partial charge < -0.3 is 97.4 Å². The third-order valence-corrected chi connectivity index (χ3v) is 11.2. The average Bonchev–Trinajstić information content (AvgIpc) is 3.70. The summed E-state index contributed by atoms with van der Waals surface area (Å²) in [5.41, 5.74) is 29.4. The number of hydrogen-bond acceptors (Lipinski definition) is 0. The van der Waals surface area contributed by atoms with E-state index in [-0.39, 0.29) is 69.4 Å². The van der Waals surface area contributed by atoms with Crippen LogP contribution < -0.4 is 0 Å². The summed E-state index contributed by atoms with van der Waals surface area (Å²) in [5, 5.41) is 0. The summed E-state index contributed by atoms with van der Waals surface area (Å²) in [6.45, 7) is 44.0. The minimum Gasteiger partial charge on any atom is -0.731 e. The van der Waals surface area contributed by atoms with Gasteiger partial charge in [-0.05, 0) is 0 Å². The van der Waals surface area contributed by atoms with Crippen LogP contribution in [-0.4, -0.2) is 32.6 Å². The number of rotatable bonds is 0. The first-order valence-corrected chi connectivity index (χ1v) is 23.3. The Labute approximate surface area is 465 Å². The Morgan fingerprint density at radius 2 is 0.350 bits per heavy atom. The van der Waals surface area contributed by atoms with E-state index >= 15 is 0 Å². The summed E-state index contributed by atoms with van der Waals surface area (Å²) >= 11 is 31.2. The van der Waals surface area contributed by atoms with Gasteiger partial charge in [0.2, 0.25) is 0 Å². The van der Waals surface area contributed by atoms with Gasteiger partial charge in [-0.25, -0.2) is 34.6 Å². The second-order valence-corrected chi connectivity index (χ2v) is 12.5. The van der Waals surface area contributed by atoms with Crippen LogP contribution in [0.25, 0.3) is 0 Å². The van der Waals surface area contributed by atoms with Gasteiger partial charge in [-0.1, -0.05) is 104 Å². The number of halogens is 6. The van der Waals surface area contributed by atoms with Crippen LogP contribution in [0, 0.1) is 177 Å². The quantitative estimate of drug-likeness (QED) is 0.122. The van der Waals surface area contributed by atoms with Crippen molar-refractivity contribution in [1.82, 2.24) is 0 Å². The van der Waals surface area contributed by atoms with Crippen LogP contribution in [-0.2, 0) is 69.4 Å². The third-order valence-electron chi connectivity index (χ3n) is 11.2. The molecular formula is C48H78Al2Cl6Cr4-3. The van der Waals surface area contributed by atoms with Gasteiger partial charge in [-0.15, -0.1) is 11.6 Å². The molecule has 0 aromatic heterocycles. The predicted molar refractivity (Wildman–Crippen MR) is 273 cm³/mol. The molecule has 0 atom stereocenters. The second-order valence-electron chi connectivity index (χ2n) is 12.5. The molecule has 0 aliphatic carbocycles. The first kappa shape index (κ1) is 92.6. The standard InChI is InChI=1S/4C10H15.6CH2Cl.2CH3.2Al.4Cr/c4*1-6-7(2)9(4)10(5)8(6)3;6*1-2;;;;;;;;/h4*1-5H3;6*1H2;2*1H3;;;;;;/q-5;9*-1;;;;;;;+5;+6. The van der Waals surface area contributed by atoms with Gasteiger partial charge in [0.1, 0.15) is 32.6 Å². The Kier molecular flexibility index (Phi) is 88.6. The van der Waals surface area contributed by atoms with Crippen LogP contribution in [0.4, 0.5) is 0 Å². The van der Waals surface area contributed by atoms with Crippen LogP contribution in [0.2, 0.25) is 11.6 Å². The summed E-state index contributed by atoms with van der Waals surface area (Å²) in [6, 6.07) is 0. The Morgan fingerprint density at radius 1 is 0.283 bits per heavy atom. The van der Waals surface area contributed by atoms with Gasteiger partial charge >= 0.3 is 34.7 Å². The minimum atomic E-state index is 0. The Bertz CT molecular complexity index is 971. The zero-order valence-electron chi connectivity index (χ0n) is 41.3. The van der Waals surface area contributed by atoms with Gasteiger partial charge in [0.05, 0.1) is 0 Å². The fourth-order valence-corrected chi connectivity index (χ4v) is 5.62. The van der Waals surface area contributed by atoms with Crippen LogP contribution in [0.1, 0.15) is 111 Å². The molecule has 5 radical (unpaired) electrons. The average molecular weight is 1130 g/mol. The van der Waals surface area contributed by atoms with E-state index in [1.54, 1.807) is 0 Å². The summed E-state index contributed by atoms with van der Waals surface area (Å²) < 4.78 is 0. The zero-order valence-corrected chi connectivity index (χ0v) is 53.2. The molecule has 0 nitrogen and oxygen atoms in total. The molecule has 0 aliphatic heterocycles. The molecule has 60 heavy (non-hydrogen) atoms. The van der Waals surface area contributed by atoms with Crippen LogP contribution in [0.3, 0.4) is 0 Å². The SMILES string of the molecule is C[c-]1[c-](C)[c-](C)[c-](C)[c-]1C.Cc1c(C)c(C)[c-](C)c1C.Cc1c(C)c(C)[c-](C)c1C.Cc1c(C)c(C)[c-](C)c1C.[CH2-]Cl.[CH2-]Cl.[CH2-]Cl.[CH2-]Cl.[CH2-]Cl.[CH2-]Cl.[CH3][Al].[CH3][Al].[Cr+5].[Cr+6].[Cr].[Cr]. The molecule has 0 unspecified atom stereocenters. The first-order chi connectivity index (χ1) is 26.2. The van der Waals surface area contributed by atoms with E-state index in [4.69, 9.17) is 0 Å². The molecule has 0 N–H and O–H groups in total. The molecule has 0 amide bonds. The molecular weight excluding hydrogens is 1050 g/mol. The van der Waals surface area contributed by atoms with Gasteiger partial charge in [-0.3, -0.25) is 38.3 Å². The maximum atomic E-state index is 4.39. The molecule has 4 aromatic carbocycles. The maximum Gasteiger partial charge on any atom is 6.00 e. The second kappa shape index (κ2) is 57.5. The monoisotopic (exact) mass is 1130 g/mol. The van der Waals surface area contributed by atoms with Crippen molar-refractivity contribution in [1.29, 1.82) is 0 Å². The van der Waals surface area contributed by atoms with Crippen molar-refractivity contribution in [3.8, 4) is 0 Å². The van der Waals surface area contributed by atoms with Crippen molar-refractivity contribution >= 4 is 102 Å². The van der Waals surface area contributed by atoms with Gasteiger partial charge in [0.15, 0.2) is 0 Å². The molecule has 0 saturated heterocycles. The van der Waals surface area contributed by atoms with Gasteiger partial charge in [0.25, 0.3) is 0 Å². The van der Waals surface area contributed by atoms with Crippen LogP contribution in [0.15, 0.2) is 0 Å². The molecule has 345 valence electrons. The summed E-state index contributed by atoms with van der Waals surface area (Å²) in [4.78, 5) is 0. The van der Waals surface area contributed by atoms with Crippen LogP contribution >= 0.6 is 69.6 Å². The maximum absolute atomic E-state index is 4.39. The summed E-state index contributed by atoms with van der Waals surface area (Å²) in [6.07, 6.45) is 16.3. The van der Waals surface area contributed by atoms with Crippen molar-refractivity contribution in [2.24, 2.45) is 0 Å². The Balaban J connectivity index is -0.0000000450. The third kappa shape index (κ3) is 31.3. The van der Waals surface area contributed by atoms with E-state index in [1.165, 1.54) is 111 Å². The molecule has 4 aromatic rings. The molecule has 0 heterocycles. The van der Waals surface area contributed by atoms with Gasteiger partial charge in [-0.2, -0.15) is 83.5 Å². The number of hydrogen-bond donors (Lipinski definition) is 0.